The molecule has 26 heavy (non-hydrogen) atoms. The molecule has 0 saturated carbocycles. The minimum Gasteiger partial charge on any atom is -0.492 e. The molecule has 0 amide bonds. The van der Waals surface area contributed by atoms with Gasteiger partial charge < -0.3 is 9.84 Å². The molecule has 0 atom stereocenters. The number of aryl methyl sites for hydroxylation is 2. The van der Waals surface area contributed by atoms with E-state index in [0.29, 0.717) is 12.4 Å². The van der Waals surface area contributed by atoms with Crippen molar-refractivity contribution in [1.82, 2.24) is 0 Å². The van der Waals surface area contributed by atoms with Gasteiger partial charge >= 0.3 is 5.97 Å². The molecule has 3 nitrogen and oxygen atoms in total. The molecule has 2 aromatic carbocycles. The first kappa shape index (κ1) is 20.0. The third-order valence-electron chi connectivity index (χ3n) is 4.58. The second-order valence-corrected chi connectivity index (χ2v) is 6.70. The molecule has 0 saturated heterocycles. The van der Waals surface area contributed by atoms with Crippen molar-refractivity contribution in [3.8, 4) is 5.75 Å². The summed E-state index contributed by atoms with van der Waals surface area (Å²) in [5.41, 5.74) is 2.66. The minimum atomic E-state index is -0.915. The highest BCUT2D eigenvalue weighted by atomic mass is 16.5. The zero-order valence-electron chi connectivity index (χ0n) is 15.7. The molecule has 3 heteroatoms. The number of carbonyl (C=O) groups is 1. The van der Waals surface area contributed by atoms with Crippen LogP contribution in [0, 0.1) is 0 Å². The number of benzene rings is 2. The van der Waals surface area contributed by atoms with Crippen LogP contribution in [0.15, 0.2) is 48.5 Å². The first-order chi connectivity index (χ1) is 12.7. The minimum absolute atomic E-state index is 0.281. The lowest BCUT2D eigenvalue weighted by Crippen LogP contribution is -2.07. The molecule has 0 aliphatic rings. The summed E-state index contributed by atoms with van der Waals surface area (Å²) in [6.45, 7) is 2.74. The van der Waals surface area contributed by atoms with Crippen molar-refractivity contribution in [2.24, 2.45) is 0 Å². The van der Waals surface area contributed by atoms with Crippen molar-refractivity contribution in [3.05, 3.63) is 65.2 Å². The van der Waals surface area contributed by atoms with Crippen molar-refractivity contribution in [2.45, 2.75) is 58.3 Å². The second kappa shape index (κ2) is 11.3. The predicted octanol–water partition coefficient (Wildman–Crippen LogP) is 5.91. The summed E-state index contributed by atoms with van der Waals surface area (Å²) in [5.74, 6) is -0.347. The highest BCUT2D eigenvalue weighted by Gasteiger charge is 2.15. The number of carboxylic acid groups (broad SMARTS) is 1. The van der Waals surface area contributed by atoms with Crippen molar-refractivity contribution < 1.29 is 14.6 Å². The molecule has 0 fully saturated rings. The third-order valence-corrected chi connectivity index (χ3v) is 4.58. The Kier molecular flexibility index (Phi) is 8.74. The number of carboxylic acids is 1. The van der Waals surface area contributed by atoms with E-state index < -0.39 is 5.97 Å². The number of hydrogen-bond acceptors (Lipinski definition) is 2. The van der Waals surface area contributed by atoms with E-state index in [-0.39, 0.29) is 5.56 Å². The number of aromatic carboxylic acids is 1. The highest BCUT2D eigenvalue weighted by Crippen LogP contribution is 2.26. The molecule has 0 bridgehead atoms. The lowest BCUT2D eigenvalue weighted by atomic mass is 10.0. The van der Waals surface area contributed by atoms with E-state index in [9.17, 15) is 9.90 Å². The first-order valence-corrected chi connectivity index (χ1v) is 9.74. The Hall–Kier alpha value is -2.29. The predicted molar refractivity (Wildman–Crippen MR) is 106 cm³/mol. The molecule has 140 valence electrons. The van der Waals surface area contributed by atoms with E-state index in [2.05, 4.69) is 31.2 Å². The van der Waals surface area contributed by atoms with Crippen LogP contribution in [0.2, 0.25) is 0 Å². The van der Waals surface area contributed by atoms with Gasteiger partial charge in [-0.25, -0.2) is 4.79 Å². The molecule has 0 radical (unpaired) electrons. The van der Waals surface area contributed by atoms with Gasteiger partial charge in [0.25, 0.3) is 0 Å². The normalized spacial score (nSPS) is 10.7. The molecule has 0 spiro atoms. The Morgan fingerprint density at radius 2 is 1.65 bits per heavy atom. The van der Waals surface area contributed by atoms with Crippen LogP contribution in [-0.4, -0.2) is 17.7 Å². The molecule has 0 heterocycles. The summed E-state index contributed by atoms with van der Waals surface area (Å²) in [7, 11) is 0. The molecular formula is C23H30O3. The van der Waals surface area contributed by atoms with Gasteiger partial charge in [0, 0.05) is 0 Å². The molecule has 2 aromatic rings. The van der Waals surface area contributed by atoms with Gasteiger partial charge in [0.1, 0.15) is 11.3 Å². The average Bonchev–Trinajstić information content (AvgIpc) is 2.66. The van der Waals surface area contributed by atoms with Gasteiger partial charge in [-0.2, -0.15) is 0 Å². The van der Waals surface area contributed by atoms with Crippen molar-refractivity contribution >= 4 is 5.97 Å². The molecule has 1 N–H and O–H groups in total. The molecule has 0 aromatic heterocycles. The molecular weight excluding hydrogens is 324 g/mol. The quantitative estimate of drug-likeness (QED) is 0.482. The highest BCUT2D eigenvalue weighted by molar-refractivity contribution is 5.91. The van der Waals surface area contributed by atoms with Crippen LogP contribution >= 0.6 is 0 Å². The van der Waals surface area contributed by atoms with Crippen molar-refractivity contribution in [3.63, 3.8) is 0 Å². The van der Waals surface area contributed by atoms with Gasteiger partial charge in [0.15, 0.2) is 0 Å². The van der Waals surface area contributed by atoms with Crippen LogP contribution in [0.25, 0.3) is 0 Å². The summed E-state index contributed by atoms with van der Waals surface area (Å²) in [5, 5.41) is 9.45. The van der Waals surface area contributed by atoms with Gasteiger partial charge in [-0.3, -0.25) is 0 Å². The Bertz CT molecular complexity index is 664. The summed E-state index contributed by atoms with van der Waals surface area (Å²) >= 11 is 0. The average molecular weight is 354 g/mol. The number of para-hydroxylation sites is 1. The monoisotopic (exact) mass is 354 g/mol. The van der Waals surface area contributed by atoms with Crippen molar-refractivity contribution in [2.75, 3.05) is 6.61 Å². The van der Waals surface area contributed by atoms with Gasteiger partial charge in [0.2, 0.25) is 0 Å². The Morgan fingerprint density at radius 3 is 2.38 bits per heavy atom. The van der Waals surface area contributed by atoms with Gasteiger partial charge in [0.05, 0.1) is 6.61 Å². The van der Waals surface area contributed by atoms with Crippen LogP contribution in [0.4, 0.5) is 0 Å². The van der Waals surface area contributed by atoms with E-state index in [1.807, 2.05) is 18.2 Å². The number of hydrogen-bond donors (Lipinski definition) is 1. The zero-order chi connectivity index (χ0) is 18.6. The van der Waals surface area contributed by atoms with E-state index in [1.54, 1.807) is 6.07 Å². The van der Waals surface area contributed by atoms with Crippen LogP contribution < -0.4 is 4.74 Å². The smallest absolute Gasteiger partial charge is 0.339 e. The summed E-state index contributed by atoms with van der Waals surface area (Å²) < 4.78 is 5.93. The summed E-state index contributed by atoms with van der Waals surface area (Å²) in [4.78, 5) is 11.5. The van der Waals surface area contributed by atoms with Crippen LogP contribution in [0.3, 0.4) is 0 Å². The van der Waals surface area contributed by atoms with E-state index in [0.717, 1.165) is 56.9 Å². The van der Waals surface area contributed by atoms with E-state index in [1.165, 1.54) is 5.56 Å². The Labute approximate surface area is 157 Å². The van der Waals surface area contributed by atoms with Crippen LogP contribution in [-0.2, 0) is 12.8 Å². The summed E-state index contributed by atoms with van der Waals surface area (Å²) in [6, 6.07) is 15.9. The maximum atomic E-state index is 11.5. The Balaban J connectivity index is 1.83. The van der Waals surface area contributed by atoms with Gasteiger partial charge in [-0.1, -0.05) is 62.2 Å². The maximum Gasteiger partial charge on any atom is 0.339 e. The fraction of sp³-hybridized carbons (Fsp3) is 0.435. The van der Waals surface area contributed by atoms with E-state index >= 15 is 0 Å². The third kappa shape index (κ3) is 6.55. The van der Waals surface area contributed by atoms with Crippen molar-refractivity contribution in [1.29, 1.82) is 0 Å². The summed E-state index contributed by atoms with van der Waals surface area (Å²) in [6.07, 6.45) is 8.45. The van der Waals surface area contributed by atoms with Crippen LogP contribution in [0.5, 0.6) is 5.75 Å². The van der Waals surface area contributed by atoms with Gasteiger partial charge in [-0.05, 0) is 55.7 Å². The Morgan fingerprint density at radius 1 is 0.885 bits per heavy atom. The molecule has 0 aliphatic carbocycles. The van der Waals surface area contributed by atoms with Crippen LogP contribution in [0.1, 0.15) is 66.9 Å². The topological polar surface area (TPSA) is 46.5 Å². The fourth-order valence-electron chi connectivity index (χ4n) is 3.11. The van der Waals surface area contributed by atoms with E-state index in [4.69, 9.17) is 4.74 Å². The number of unbranched alkanes of at least 4 members (excludes halogenated alkanes) is 4. The standard InChI is InChI=1S/C23H30O3/c1-2-3-6-15-20-16-11-17-21(23(24)25)22(20)26-18-10-5-9-14-19-12-7-4-8-13-19/h4,7-8,11-13,16-17H,2-3,5-6,9-10,14-15,18H2,1H3,(H,24,25). The number of ether oxygens (including phenoxy) is 1. The molecule has 0 aliphatic heterocycles. The lowest BCUT2D eigenvalue weighted by molar-refractivity contribution is 0.0692. The molecule has 2 rings (SSSR count). The largest absolute Gasteiger partial charge is 0.492 e. The first-order valence-electron chi connectivity index (χ1n) is 9.74. The van der Waals surface area contributed by atoms with Gasteiger partial charge in [-0.15, -0.1) is 0 Å². The molecule has 0 unspecified atom stereocenters. The second-order valence-electron chi connectivity index (χ2n) is 6.70. The SMILES string of the molecule is CCCCCc1cccc(C(=O)O)c1OCCCCCc1ccccc1. The lowest BCUT2D eigenvalue weighted by Gasteiger charge is -2.14. The fourth-order valence-corrected chi connectivity index (χ4v) is 3.11. The number of rotatable bonds is 12. The maximum absolute atomic E-state index is 11.5. The zero-order valence-corrected chi connectivity index (χ0v) is 15.7.